The molecule has 39 heavy (non-hydrogen) atoms. The van der Waals surface area contributed by atoms with E-state index in [9.17, 15) is 9.90 Å². The van der Waals surface area contributed by atoms with E-state index in [1.807, 2.05) is 48.5 Å². The molecular formula is C31H34ClN3O4. The van der Waals surface area contributed by atoms with Crippen molar-refractivity contribution in [1.82, 2.24) is 9.88 Å². The summed E-state index contributed by atoms with van der Waals surface area (Å²) >= 11 is 6.08. The van der Waals surface area contributed by atoms with Crippen molar-refractivity contribution in [1.29, 1.82) is 0 Å². The summed E-state index contributed by atoms with van der Waals surface area (Å²) < 4.78 is 11.3. The first-order valence-electron chi connectivity index (χ1n) is 13.2. The number of hydrogen-bond donors (Lipinski definition) is 1. The smallest absolute Gasteiger partial charge is 0.329 e. The van der Waals surface area contributed by atoms with Gasteiger partial charge >= 0.3 is 5.97 Å². The number of halogens is 1. The molecule has 5 rings (SSSR count). The molecule has 0 radical (unpaired) electrons. The van der Waals surface area contributed by atoms with Gasteiger partial charge in [0.2, 0.25) is 0 Å². The summed E-state index contributed by atoms with van der Waals surface area (Å²) in [6.07, 6.45) is 4.77. The molecule has 204 valence electrons. The summed E-state index contributed by atoms with van der Waals surface area (Å²) in [4.78, 5) is 21.7. The van der Waals surface area contributed by atoms with Gasteiger partial charge in [-0.3, -0.25) is 9.88 Å². The quantitative estimate of drug-likeness (QED) is 0.433. The van der Waals surface area contributed by atoms with Gasteiger partial charge in [0.1, 0.15) is 18.4 Å². The van der Waals surface area contributed by atoms with E-state index >= 15 is 0 Å². The van der Waals surface area contributed by atoms with Gasteiger partial charge in [-0.15, -0.1) is 0 Å². The third-order valence-corrected chi connectivity index (χ3v) is 7.66. The van der Waals surface area contributed by atoms with E-state index in [4.69, 9.17) is 21.1 Å². The maximum Gasteiger partial charge on any atom is 0.329 e. The minimum absolute atomic E-state index is 0.248. The lowest BCUT2D eigenvalue weighted by atomic mass is 9.90. The lowest BCUT2D eigenvalue weighted by Gasteiger charge is -2.41. The second-order valence-electron chi connectivity index (χ2n) is 10.5. The van der Waals surface area contributed by atoms with Crippen molar-refractivity contribution in [2.75, 3.05) is 38.2 Å². The topological polar surface area (TPSA) is 75.1 Å². The van der Waals surface area contributed by atoms with Gasteiger partial charge in [-0.2, -0.15) is 0 Å². The van der Waals surface area contributed by atoms with E-state index in [0.29, 0.717) is 24.7 Å². The predicted octanol–water partition coefficient (Wildman–Crippen LogP) is 5.04. The lowest BCUT2D eigenvalue weighted by Crippen LogP contribution is -2.57. The number of fused-ring (bicyclic) bond motifs is 2. The summed E-state index contributed by atoms with van der Waals surface area (Å²) in [7, 11) is 1.44. The Morgan fingerprint density at radius 2 is 1.97 bits per heavy atom. The van der Waals surface area contributed by atoms with Crippen LogP contribution in [0.3, 0.4) is 0 Å². The van der Waals surface area contributed by atoms with Gasteiger partial charge in [0.25, 0.3) is 0 Å². The van der Waals surface area contributed by atoms with E-state index in [1.54, 1.807) is 20.0 Å². The van der Waals surface area contributed by atoms with Crippen molar-refractivity contribution in [3.05, 3.63) is 94.3 Å². The van der Waals surface area contributed by atoms with Crippen molar-refractivity contribution in [2.24, 2.45) is 0 Å². The maximum atomic E-state index is 12.7. The molecule has 0 spiro atoms. The summed E-state index contributed by atoms with van der Waals surface area (Å²) in [5.41, 5.74) is 4.70. The van der Waals surface area contributed by atoms with Gasteiger partial charge in [-0.1, -0.05) is 29.8 Å². The monoisotopic (exact) mass is 547 g/mol. The van der Waals surface area contributed by atoms with Crippen molar-refractivity contribution < 1.29 is 19.4 Å². The van der Waals surface area contributed by atoms with Crippen LogP contribution in [-0.4, -0.2) is 60.3 Å². The predicted molar refractivity (Wildman–Crippen MR) is 153 cm³/mol. The Bertz CT molecular complexity index is 1370. The van der Waals surface area contributed by atoms with E-state index in [0.717, 1.165) is 58.9 Å². The minimum Gasteiger partial charge on any atom is -0.487 e. The Labute approximate surface area is 234 Å². The third kappa shape index (κ3) is 5.96. The summed E-state index contributed by atoms with van der Waals surface area (Å²) in [6.45, 7) is 6.83. The van der Waals surface area contributed by atoms with Crippen LogP contribution in [0.4, 0.5) is 5.69 Å². The van der Waals surface area contributed by atoms with Gasteiger partial charge < -0.3 is 19.5 Å². The van der Waals surface area contributed by atoms with E-state index in [2.05, 4.69) is 26.9 Å². The molecule has 1 N–H and O–H groups in total. The highest BCUT2D eigenvalue weighted by Gasteiger charge is 2.33. The number of aromatic nitrogens is 1. The number of piperazine rings is 1. The van der Waals surface area contributed by atoms with Crippen LogP contribution < -0.4 is 9.64 Å². The number of rotatable bonds is 6. The van der Waals surface area contributed by atoms with Crippen molar-refractivity contribution in [3.63, 3.8) is 0 Å². The van der Waals surface area contributed by atoms with Gasteiger partial charge in [-0.25, -0.2) is 4.79 Å². The number of methoxy groups -OCH3 is 1. The first kappa shape index (κ1) is 27.2. The Morgan fingerprint density at radius 3 is 2.72 bits per heavy atom. The molecule has 2 aliphatic heterocycles. The van der Waals surface area contributed by atoms with Gasteiger partial charge in [0, 0.05) is 54.2 Å². The standard InChI is InChI=1S/C31H34ClN3O4/c1-31(2,37)21-8-13-29-26(18-21)24(25-6-4-14-33-27(25)20-39-29)7-5-15-34-16-17-35(28(19-34)30(36)38-3)23-11-9-22(32)10-12-23/h4,6-14,18,28,37H,5,15-17,19-20H2,1-3H3/b24-7-. The SMILES string of the molecule is COC(=O)C1CN(CC/C=C2\c3cc(C(C)(C)O)ccc3OCc3ncccc32)CCN1c1ccc(Cl)cc1. The zero-order valence-corrected chi connectivity index (χ0v) is 23.3. The van der Waals surface area contributed by atoms with E-state index in [-0.39, 0.29) is 5.97 Å². The molecule has 1 fully saturated rings. The average molecular weight is 548 g/mol. The fraction of sp³-hybridized carbons (Fsp3) is 0.355. The van der Waals surface area contributed by atoms with Crippen LogP contribution >= 0.6 is 11.6 Å². The molecular weight excluding hydrogens is 514 g/mol. The molecule has 1 aromatic heterocycles. The molecule has 2 aliphatic rings. The van der Waals surface area contributed by atoms with Crippen molar-refractivity contribution in [3.8, 4) is 5.75 Å². The Morgan fingerprint density at radius 1 is 1.18 bits per heavy atom. The molecule has 1 atom stereocenters. The number of esters is 1. The van der Waals surface area contributed by atoms with Gasteiger partial charge in [0.05, 0.1) is 18.4 Å². The van der Waals surface area contributed by atoms with Crippen molar-refractivity contribution >= 4 is 28.8 Å². The number of nitrogens with zero attached hydrogens (tertiary/aromatic N) is 3. The number of carbonyl (C=O) groups excluding carboxylic acids is 1. The first-order chi connectivity index (χ1) is 18.7. The highest BCUT2D eigenvalue weighted by atomic mass is 35.5. The van der Waals surface area contributed by atoms with E-state index < -0.39 is 11.6 Å². The molecule has 3 aromatic rings. The summed E-state index contributed by atoms with van der Waals surface area (Å²) in [6, 6.07) is 17.0. The maximum absolute atomic E-state index is 12.7. The number of carbonyl (C=O) groups is 1. The molecule has 0 bridgehead atoms. The van der Waals surface area contributed by atoms with Crippen LogP contribution in [0.15, 0.2) is 66.9 Å². The summed E-state index contributed by atoms with van der Waals surface area (Å²) in [5.74, 6) is 0.525. The van der Waals surface area contributed by atoms with Gasteiger partial charge in [-0.05, 0) is 73.9 Å². The van der Waals surface area contributed by atoms with Crippen LogP contribution in [0.1, 0.15) is 42.7 Å². The Kier molecular flexibility index (Phi) is 7.93. The largest absolute Gasteiger partial charge is 0.487 e. The number of hydrogen-bond acceptors (Lipinski definition) is 7. The van der Waals surface area contributed by atoms with Crippen molar-refractivity contribution in [2.45, 2.75) is 38.5 Å². The normalized spacial score (nSPS) is 18.6. The molecule has 0 amide bonds. The second kappa shape index (κ2) is 11.4. The highest BCUT2D eigenvalue weighted by molar-refractivity contribution is 6.30. The summed E-state index contributed by atoms with van der Waals surface area (Å²) in [5, 5.41) is 11.3. The number of pyridine rings is 1. The van der Waals surface area contributed by atoms with Crippen LogP contribution in [0.2, 0.25) is 5.02 Å². The van der Waals surface area contributed by atoms with Crippen LogP contribution in [0.25, 0.3) is 5.57 Å². The molecule has 1 saturated heterocycles. The fourth-order valence-electron chi connectivity index (χ4n) is 5.27. The molecule has 0 saturated carbocycles. The molecule has 2 aromatic carbocycles. The lowest BCUT2D eigenvalue weighted by molar-refractivity contribution is -0.143. The molecule has 7 nitrogen and oxygen atoms in total. The Hall–Kier alpha value is -3.39. The first-order valence-corrected chi connectivity index (χ1v) is 13.6. The van der Waals surface area contributed by atoms with Crippen LogP contribution in [0.5, 0.6) is 5.75 Å². The average Bonchev–Trinajstić information content (AvgIpc) is 3.09. The minimum atomic E-state index is -0.975. The van der Waals surface area contributed by atoms with E-state index in [1.165, 1.54) is 7.11 Å². The van der Waals surface area contributed by atoms with Crippen LogP contribution in [0, 0.1) is 0 Å². The van der Waals surface area contributed by atoms with Crippen LogP contribution in [-0.2, 0) is 21.7 Å². The number of ether oxygens (including phenoxy) is 2. The number of aliphatic hydroxyl groups is 1. The zero-order valence-electron chi connectivity index (χ0n) is 22.6. The number of anilines is 1. The molecule has 0 aliphatic carbocycles. The molecule has 8 heteroatoms. The zero-order chi connectivity index (χ0) is 27.6. The van der Waals surface area contributed by atoms with Gasteiger partial charge in [0.15, 0.2) is 0 Å². The fourth-order valence-corrected chi connectivity index (χ4v) is 5.40. The Balaban J connectivity index is 1.39. The number of benzene rings is 2. The third-order valence-electron chi connectivity index (χ3n) is 7.41. The highest BCUT2D eigenvalue weighted by Crippen LogP contribution is 2.38. The molecule has 1 unspecified atom stereocenters. The second-order valence-corrected chi connectivity index (χ2v) is 10.9. The molecule has 3 heterocycles.